The van der Waals surface area contributed by atoms with Gasteiger partial charge in [0, 0.05) is 38.3 Å². The first-order chi connectivity index (χ1) is 10.2. The van der Waals surface area contributed by atoms with Gasteiger partial charge >= 0.3 is 6.03 Å². The van der Waals surface area contributed by atoms with Crippen LogP contribution in [0, 0.1) is 0 Å². The molecule has 1 aliphatic rings. The number of amides is 2. The quantitative estimate of drug-likeness (QED) is 0.852. The Morgan fingerprint density at radius 1 is 1.33 bits per heavy atom. The van der Waals surface area contributed by atoms with Crippen molar-refractivity contribution >= 4 is 11.7 Å². The van der Waals surface area contributed by atoms with E-state index in [1.807, 2.05) is 28.8 Å². The molecule has 0 saturated carbocycles. The first-order valence-electron chi connectivity index (χ1n) is 7.30. The van der Waals surface area contributed by atoms with Crippen molar-refractivity contribution in [2.24, 2.45) is 5.73 Å². The lowest BCUT2D eigenvalue weighted by molar-refractivity contribution is 0.185. The molecule has 0 aliphatic carbocycles. The Hall–Kier alpha value is -2.15. The van der Waals surface area contributed by atoms with Gasteiger partial charge in [0.05, 0.1) is 0 Å². The second kappa shape index (κ2) is 6.09. The van der Waals surface area contributed by atoms with Crippen molar-refractivity contribution in [2.75, 3.05) is 19.6 Å². The number of urea groups is 1. The molecule has 0 spiro atoms. The molecule has 0 radical (unpaired) electrons. The van der Waals surface area contributed by atoms with Crippen LogP contribution in [-0.2, 0) is 6.42 Å². The lowest BCUT2D eigenvalue weighted by atomic mass is 10.1. The maximum absolute atomic E-state index is 11.1. The average molecular weight is 288 g/mol. The fourth-order valence-corrected chi connectivity index (χ4v) is 2.75. The Labute approximate surface area is 123 Å². The highest BCUT2D eigenvalue weighted by Crippen LogP contribution is 2.10. The van der Waals surface area contributed by atoms with Crippen molar-refractivity contribution in [3.63, 3.8) is 0 Å². The molecule has 1 saturated heterocycles. The van der Waals surface area contributed by atoms with Crippen molar-refractivity contribution in [2.45, 2.75) is 25.3 Å². The summed E-state index contributed by atoms with van der Waals surface area (Å²) in [5, 5.41) is 11.9. The van der Waals surface area contributed by atoms with Gasteiger partial charge in [-0.2, -0.15) is 0 Å². The molecule has 7 heteroatoms. The van der Waals surface area contributed by atoms with Gasteiger partial charge in [-0.15, -0.1) is 10.2 Å². The van der Waals surface area contributed by atoms with Gasteiger partial charge in [-0.3, -0.25) is 4.40 Å². The molecule has 7 nitrogen and oxygen atoms in total. The van der Waals surface area contributed by atoms with Crippen LogP contribution in [0.15, 0.2) is 24.4 Å². The van der Waals surface area contributed by atoms with E-state index in [-0.39, 0.29) is 6.03 Å². The normalized spacial score (nSPS) is 16.5. The molecule has 21 heavy (non-hydrogen) atoms. The summed E-state index contributed by atoms with van der Waals surface area (Å²) < 4.78 is 2.01. The van der Waals surface area contributed by atoms with E-state index in [9.17, 15) is 4.79 Å². The fraction of sp³-hybridized carbons (Fsp3) is 0.500. The molecular formula is C14H20N6O. The molecule has 1 fully saturated rings. The van der Waals surface area contributed by atoms with Gasteiger partial charge in [0.2, 0.25) is 0 Å². The Morgan fingerprint density at radius 3 is 2.90 bits per heavy atom. The van der Waals surface area contributed by atoms with Gasteiger partial charge in [-0.1, -0.05) is 6.07 Å². The summed E-state index contributed by atoms with van der Waals surface area (Å²) in [6.07, 6.45) is 4.71. The third kappa shape index (κ3) is 3.13. The van der Waals surface area contributed by atoms with Crippen LogP contribution in [0.3, 0.4) is 0 Å². The van der Waals surface area contributed by atoms with E-state index in [0.29, 0.717) is 6.04 Å². The Balaban J connectivity index is 1.48. The lowest BCUT2D eigenvalue weighted by Crippen LogP contribution is -2.47. The van der Waals surface area contributed by atoms with Gasteiger partial charge in [-0.05, 0) is 25.0 Å². The zero-order valence-corrected chi connectivity index (χ0v) is 11.9. The Bertz CT molecular complexity index is 617. The van der Waals surface area contributed by atoms with E-state index in [1.165, 1.54) is 0 Å². The number of carbonyl (C=O) groups excluding carboxylic acids is 1. The number of fused-ring (bicyclic) bond motifs is 1. The first-order valence-corrected chi connectivity index (χ1v) is 7.30. The maximum Gasteiger partial charge on any atom is 0.314 e. The van der Waals surface area contributed by atoms with Crippen LogP contribution < -0.4 is 11.1 Å². The number of aromatic nitrogens is 3. The van der Waals surface area contributed by atoms with E-state index in [4.69, 9.17) is 5.73 Å². The third-order valence-corrected chi connectivity index (χ3v) is 3.97. The molecule has 1 aliphatic heterocycles. The second-order valence-electron chi connectivity index (χ2n) is 5.35. The summed E-state index contributed by atoms with van der Waals surface area (Å²) in [6.45, 7) is 2.33. The van der Waals surface area contributed by atoms with Gasteiger partial charge in [0.25, 0.3) is 0 Å². The fourth-order valence-electron chi connectivity index (χ4n) is 2.75. The van der Waals surface area contributed by atoms with E-state index < -0.39 is 0 Å². The molecule has 0 atom stereocenters. The van der Waals surface area contributed by atoms with Crippen LogP contribution in [0.25, 0.3) is 5.65 Å². The van der Waals surface area contributed by atoms with Gasteiger partial charge in [0.1, 0.15) is 5.82 Å². The molecule has 0 bridgehead atoms. The number of nitrogens with zero attached hydrogens (tertiary/aromatic N) is 4. The maximum atomic E-state index is 11.1. The summed E-state index contributed by atoms with van der Waals surface area (Å²) in [5.41, 5.74) is 6.16. The van der Waals surface area contributed by atoms with Crippen LogP contribution in [0.4, 0.5) is 4.79 Å². The number of primary amides is 1. The number of piperidine rings is 1. The largest absolute Gasteiger partial charge is 0.351 e. The molecular weight excluding hydrogens is 268 g/mol. The van der Waals surface area contributed by atoms with Gasteiger partial charge in [-0.25, -0.2) is 4.79 Å². The zero-order chi connectivity index (χ0) is 14.7. The average Bonchev–Trinajstić information content (AvgIpc) is 2.91. The predicted octanol–water partition coefficient (Wildman–Crippen LogP) is 0.405. The number of hydrogen-bond donors (Lipinski definition) is 2. The van der Waals surface area contributed by atoms with E-state index in [1.54, 1.807) is 4.90 Å². The number of hydrogen-bond acceptors (Lipinski definition) is 4. The van der Waals surface area contributed by atoms with Crippen LogP contribution in [0.2, 0.25) is 0 Å². The Morgan fingerprint density at radius 2 is 2.14 bits per heavy atom. The third-order valence-electron chi connectivity index (χ3n) is 3.97. The number of likely N-dealkylation sites (tertiary alicyclic amines) is 1. The topological polar surface area (TPSA) is 88.5 Å². The summed E-state index contributed by atoms with van der Waals surface area (Å²) in [5.74, 6) is 0.965. The monoisotopic (exact) mass is 288 g/mol. The minimum atomic E-state index is -0.316. The van der Waals surface area contributed by atoms with E-state index >= 15 is 0 Å². The predicted molar refractivity (Wildman–Crippen MR) is 78.9 cm³/mol. The highest BCUT2D eigenvalue weighted by atomic mass is 16.2. The van der Waals surface area contributed by atoms with Crippen LogP contribution in [0.1, 0.15) is 18.7 Å². The molecule has 0 aromatic carbocycles. The highest BCUT2D eigenvalue weighted by molar-refractivity contribution is 5.72. The Kier molecular flexibility index (Phi) is 4.01. The van der Waals surface area contributed by atoms with Crippen molar-refractivity contribution in [3.05, 3.63) is 30.2 Å². The second-order valence-corrected chi connectivity index (χ2v) is 5.35. The summed E-state index contributed by atoms with van der Waals surface area (Å²) in [6, 6.07) is 6.01. The molecule has 3 heterocycles. The smallest absolute Gasteiger partial charge is 0.314 e. The lowest BCUT2D eigenvalue weighted by Gasteiger charge is -2.31. The molecule has 3 rings (SSSR count). The SMILES string of the molecule is NC(=O)N1CCC(NCCc2nnc3ccccn23)CC1. The van der Waals surface area contributed by atoms with Gasteiger partial charge < -0.3 is 16.0 Å². The minimum absolute atomic E-state index is 0.316. The van der Waals surface area contributed by atoms with E-state index in [0.717, 1.165) is 50.4 Å². The highest BCUT2D eigenvalue weighted by Gasteiger charge is 2.20. The molecule has 2 aromatic rings. The minimum Gasteiger partial charge on any atom is -0.351 e. The molecule has 0 unspecified atom stereocenters. The number of carbonyl (C=O) groups is 1. The number of nitrogens with one attached hydrogen (secondary N) is 1. The van der Waals surface area contributed by atoms with Gasteiger partial charge in [0.15, 0.2) is 5.65 Å². The van der Waals surface area contributed by atoms with Crippen LogP contribution >= 0.6 is 0 Å². The van der Waals surface area contributed by atoms with Crippen molar-refractivity contribution < 1.29 is 4.79 Å². The molecule has 112 valence electrons. The molecule has 2 aromatic heterocycles. The standard InChI is InChI=1S/C14H20N6O/c15-14(21)19-9-5-11(6-10-19)16-7-4-13-18-17-12-3-1-2-8-20(12)13/h1-3,8,11,16H,4-7,9-10H2,(H2,15,21). The number of pyridine rings is 1. The molecule has 3 N–H and O–H groups in total. The first kappa shape index (κ1) is 13.8. The summed E-state index contributed by atoms with van der Waals surface area (Å²) in [4.78, 5) is 12.8. The zero-order valence-electron chi connectivity index (χ0n) is 11.9. The van der Waals surface area contributed by atoms with Crippen molar-refractivity contribution in [1.29, 1.82) is 0 Å². The van der Waals surface area contributed by atoms with Crippen molar-refractivity contribution in [3.8, 4) is 0 Å². The number of rotatable bonds is 4. The summed E-state index contributed by atoms with van der Waals surface area (Å²) >= 11 is 0. The molecule has 2 amide bonds. The van der Waals surface area contributed by atoms with Crippen molar-refractivity contribution in [1.82, 2.24) is 24.8 Å². The summed E-state index contributed by atoms with van der Waals surface area (Å²) in [7, 11) is 0. The van der Waals surface area contributed by atoms with Crippen LogP contribution in [0.5, 0.6) is 0 Å². The number of nitrogens with two attached hydrogens (primary N) is 1. The van der Waals surface area contributed by atoms with E-state index in [2.05, 4.69) is 15.5 Å². The van der Waals surface area contributed by atoms with Crippen LogP contribution in [-0.4, -0.2) is 51.2 Å².